The Labute approximate surface area is 190 Å². The number of hydrogen-bond acceptors (Lipinski definition) is 7. The van der Waals surface area contributed by atoms with Crippen LogP contribution in [0.5, 0.6) is 5.75 Å². The summed E-state index contributed by atoms with van der Waals surface area (Å²) in [7, 11) is 5.41. The van der Waals surface area contributed by atoms with Gasteiger partial charge in [0, 0.05) is 36.8 Å². The minimum atomic E-state index is -0.141. The highest BCUT2D eigenvalue weighted by molar-refractivity contribution is 5.97. The van der Waals surface area contributed by atoms with Gasteiger partial charge in [-0.15, -0.1) is 5.10 Å². The summed E-state index contributed by atoms with van der Waals surface area (Å²) < 4.78 is 7.20. The maximum absolute atomic E-state index is 12.7. The number of likely N-dealkylation sites (N-methyl/N-ethyl adjacent to an activating group) is 1. The average molecular weight is 447 g/mol. The Morgan fingerprint density at radius 3 is 2.79 bits per heavy atom. The second kappa shape index (κ2) is 8.21. The van der Waals surface area contributed by atoms with E-state index in [1.165, 1.54) is 0 Å². The molecule has 10 heteroatoms. The zero-order valence-corrected chi connectivity index (χ0v) is 19.0. The average Bonchev–Trinajstić information content (AvgIpc) is 3.41. The van der Waals surface area contributed by atoms with Crippen LogP contribution in [0.2, 0.25) is 0 Å². The Kier molecular flexibility index (Phi) is 5.21. The fourth-order valence-corrected chi connectivity index (χ4v) is 4.10. The highest BCUT2D eigenvalue weighted by Gasteiger charge is 2.26. The van der Waals surface area contributed by atoms with Gasteiger partial charge in [0.25, 0.3) is 5.91 Å². The lowest BCUT2D eigenvalue weighted by Gasteiger charge is -2.36. The third-order valence-electron chi connectivity index (χ3n) is 6.01. The van der Waals surface area contributed by atoms with E-state index in [1.54, 1.807) is 23.9 Å². The van der Waals surface area contributed by atoms with E-state index in [0.29, 0.717) is 23.1 Å². The molecule has 3 heterocycles. The predicted octanol–water partition coefficient (Wildman–Crippen LogP) is 2.46. The van der Waals surface area contributed by atoms with Crippen molar-refractivity contribution in [1.29, 1.82) is 0 Å². The number of methoxy groups -OCH3 is 1. The van der Waals surface area contributed by atoms with Crippen LogP contribution in [0.3, 0.4) is 0 Å². The van der Waals surface area contributed by atoms with E-state index < -0.39 is 0 Å². The van der Waals surface area contributed by atoms with Crippen LogP contribution in [0.25, 0.3) is 22.3 Å². The number of anilines is 2. The van der Waals surface area contributed by atoms with Crippen molar-refractivity contribution in [3.63, 3.8) is 0 Å². The fourth-order valence-electron chi connectivity index (χ4n) is 4.10. The molecule has 0 bridgehead atoms. The number of hydrogen-bond donors (Lipinski definition) is 3. The van der Waals surface area contributed by atoms with Crippen LogP contribution in [0.15, 0.2) is 36.5 Å². The summed E-state index contributed by atoms with van der Waals surface area (Å²) in [5.74, 6) is 1.48. The highest BCUT2D eigenvalue weighted by atomic mass is 16.5. The van der Waals surface area contributed by atoms with E-state index in [2.05, 4.69) is 35.8 Å². The monoisotopic (exact) mass is 446 g/mol. The summed E-state index contributed by atoms with van der Waals surface area (Å²) in [5, 5.41) is 19.1. The molecule has 1 aliphatic rings. The van der Waals surface area contributed by atoms with E-state index in [1.807, 2.05) is 45.4 Å². The molecule has 1 amide bonds. The third-order valence-corrected chi connectivity index (χ3v) is 6.01. The van der Waals surface area contributed by atoms with Gasteiger partial charge in [0.2, 0.25) is 5.95 Å². The van der Waals surface area contributed by atoms with Gasteiger partial charge >= 0.3 is 0 Å². The number of carbonyl (C=O) groups is 1. The Morgan fingerprint density at radius 1 is 1.21 bits per heavy atom. The van der Waals surface area contributed by atoms with Crippen molar-refractivity contribution < 1.29 is 9.53 Å². The normalized spacial score (nSPS) is 14.3. The first kappa shape index (κ1) is 21.0. The summed E-state index contributed by atoms with van der Waals surface area (Å²) in [6, 6.07) is 9.52. The number of H-pyrrole nitrogens is 1. The number of aromatic nitrogens is 5. The molecule has 0 radical (unpaired) electrons. The van der Waals surface area contributed by atoms with Crippen molar-refractivity contribution in [3.05, 3.63) is 47.7 Å². The largest absolute Gasteiger partial charge is 0.496 e. The Balaban J connectivity index is 1.38. The second-order valence-electron chi connectivity index (χ2n) is 8.38. The Morgan fingerprint density at radius 2 is 2.03 bits per heavy atom. The first-order chi connectivity index (χ1) is 15.9. The predicted molar refractivity (Wildman–Crippen MR) is 126 cm³/mol. The van der Waals surface area contributed by atoms with Crippen LogP contribution in [0.1, 0.15) is 15.9 Å². The number of rotatable bonds is 6. The summed E-state index contributed by atoms with van der Waals surface area (Å²) in [6.45, 7) is 3.74. The highest BCUT2D eigenvalue weighted by Crippen LogP contribution is 2.29. The molecular weight excluding hydrogens is 420 g/mol. The van der Waals surface area contributed by atoms with E-state index in [4.69, 9.17) is 4.74 Å². The molecule has 1 aliphatic heterocycles. The number of aromatic amines is 1. The van der Waals surface area contributed by atoms with Gasteiger partial charge in [0.15, 0.2) is 5.82 Å². The lowest BCUT2D eigenvalue weighted by atomic mass is 10.1. The van der Waals surface area contributed by atoms with Crippen molar-refractivity contribution >= 4 is 28.4 Å². The van der Waals surface area contributed by atoms with E-state index in [0.717, 1.165) is 40.8 Å². The summed E-state index contributed by atoms with van der Waals surface area (Å²) in [5.41, 5.74) is 4.24. The zero-order chi connectivity index (χ0) is 23.1. The van der Waals surface area contributed by atoms with Gasteiger partial charge in [-0.05, 0) is 43.8 Å². The van der Waals surface area contributed by atoms with Crippen molar-refractivity contribution in [2.75, 3.05) is 32.6 Å². The minimum absolute atomic E-state index is 0.141. The number of benzene rings is 2. The maximum atomic E-state index is 12.7. The van der Waals surface area contributed by atoms with E-state index in [9.17, 15) is 4.79 Å². The maximum Gasteiger partial charge on any atom is 0.255 e. The number of ether oxygens (including phenoxy) is 1. The van der Waals surface area contributed by atoms with Crippen molar-refractivity contribution in [2.24, 2.45) is 7.05 Å². The molecule has 2 aromatic heterocycles. The van der Waals surface area contributed by atoms with Gasteiger partial charge in [0.1, 0.15) is 5.75 Å². The molecule has 0 saturated carbocycles. The molecule has 2 aromatic carbocycles. The fraction of sp³-hybridized carbons (Fsp3) is 0.304. The molecule has 0 unspecified atom stereocenters. The molecule has 0 aliphatic carbocycles. The van der Waals surface area contributed by atoms with Crippen LogP contribution in [0.4, 0.5) is 11.6 Å². The topological polar surface area (TPSA) is 113 Å². The smallest absolute Gasteiger partial charge is 0.255 e. The van der Waals surface area contributed by atoms with Gasteiger partial charge < -0.3 is 20.3 Å². The number of nitrogens with one attached hydrogen (secondary N) is 3. The van der Waals surface area contributed by atoms with Gasteiger partial charge in [-0.2, -0.15) is 10.1 Å². The Hall–Kier alpha value is -3.92. The van der Waals surface area contributed by atoms with E-state index >= 15 is 0 Å². The SMILES string of the molecule is COc1cc(-c2nc(Nc3ccc4[nH]ncc4c3C)n(C)n2)ccc1C(=O)NC1CN(C)C1. The molecular formula is C23H26N8O2. The molecule has 10 nitrogen and oxygen atoms in total. The molecule has 4 aromatic rings. The standard InChI is InChI=1S/C23H26N8O2/c1-13-17-10-24-28-19(17)8-7-18(13)26-23-27-21(29-31(23)3)14-5-6-16(20(9-14)33-4)22(32)25-15-11-30(2)12-15/h5-10,15H,11-12H2,1-4H3,(H,24,28)(H,25,32)(H,26,27,29). The summed E-state index contributed by atoms with van der Waals surface area (Å²) >= 11 is 0. The molecule has 33 heavy (non-hydrogen) atoms. The van der Waals surface area contributed by atoms with E-state index in [-0.39, 0.29) is 11.9 Å². The van der Waals surface area contributed by atoms with Crippen molar-refractivity contribution in [1.82, 2.24) is 35.2 Å². The molecule has 0 atom stereocenters. The minimum Gasteiger partial charge on any atom is -0.496 e. The molecule has 0 spiro atoms. The molecule has 1 fully saturated rings. The number of nitrogens with zero attached hydrogens (tertiary/aromatic N) is 5. The van der Waals surface area contributed by atoms with Gasteiger partial charge in [-0.3, -0.25) is 9.89 Å². The first-order valence-corrected chi connectivity index (χ1v) is 10.7. The molecule has 3 N–H and O–H groups in total. The zero-order valence-electron chi connectivity index (χ0n) is 19.0. The lowest BCUT2D eigenvalue weighted by molar-refractivity contribution is 0.0855. The lowest BCUT2D eigenvalue weighted by Crippen LogP contribution is -2.57. The van der Waals surface area contributed by atoms with Crippen LogP contribution in [-0.4, -0.2) is 69.1 Å². The van der Waals surface area contributed by atoms with Crippen LogP contribution in [-0.2, 0) is 7.05 Å². The van der Waals surface area contributed by atoms with Crippen LogP contribution >= 0.6 is 0 Å². The third kappa shape index (κ3) is 3.89. The quantitative estimate of drug-likeness (QED) is 0.417. The number of aryl methyl sites for hydroxylation is 2. The molecule has 1 saturated heterocycles. The number of likely N-dealkylation sites (tertiary alicyclic amines) is 1. The summed E-state index contributed by atoms with van der Waals surface area (Å²) in [4.78, 5) is 19.5. The van der Waals surface area contributed by atoms with Crippen LogP contribution in [0, 0.1) is 6.92 Å². The number of carbonyl (C=O) groups excluding carboxylic acids is 1. The first-order valence-electron chi connectivity index (χ1n) is 10.7. The summed E-state index contributed by atoms with van der Waals surface area (Å²) in [6.07, 6.45) is 1.81. The van der Waals surface area contributed by atoms with Crippen molar-refractivity contribution in [2.45, 2.75) is 13.0 Å². The van der Waals surface area contributed by atoms with Gasteiger partial charge in [0.05, 0.1) is 30.4 Å². The number of amides is 1. The molecule has 170 valence electrons. The van der Waals surface area contributed by atoms with Gasteiger partial charge in [-0.25, -0.2) is 4.68 Å². The van der Waals surface area contributed by atoms with Gasteiger partial charge in [-0.1, -0.05) is 6.07 Å². The Bertz CT molecular complexity index is 1340. The van der Waals surface area contributed by atoms with Crippen LogP contribution < -0.4 is 15.4 Å². The van der Waals surface area contributed by atoms with Crippen molar-refractivity contribution in [3.8, 4) is 17.1 Å². The second-order valence-corrected chi connectivity index (χ2v) is 8.38. The molecule has 5 rings (SSSR count). The number of fused-ring (bicyclic) bond motifs is 1.